The average molecular weight is 169 g/mol. The summed E-state index contributed by atoms with van der Waals surface area (Å²) < 4.78 is 0. The van der Waals surface area contributed by atoms with Crippen molar-refractivity contribution in [3.63, 3.8) is 0 Å². The Morgan fingerprint density at radius 3 is 2.36 bits per heavy atom. The van der Waals surface area contributed by atoms with Crippen molar-refractivity contribution in [2.45, 2.75) is 13.3 Å². The van der Waals surface area contributed by atoms with Gasteiger partial charge in [-0.2, -0.15) is 0 Å². The molecule has 0 aliphatic carbocycles. The zero-order valence-corrected chi connectivity index (χ0v) is 7.47. The van der Waals surface area contributed by atoms with Crippen molar-refractivity contribution in [1.82, 2.24) is 0 Å². The predicted octanol–water partition coefficient (Wildman–Crippen LogP) is 3.53. The molecule has 0 aliphatic heterocycles. The van der Waals surface area contributed by atoms with Gasteiger partial charge in [0.2, 0.25) is 0 Å². The van der Waals surface area contributed by atoms with Crippen LogP contribution in [0.4, 0.5) is 0 Å². The molecule has 0 nitrogen and oxygen atoms in total. The van der Waals surface area contributed by atoms with E-state index in [-0.39, 0.29) is 12.4 Å². The van der Waals surface area contributed by atoms with E-state index in [1.165, 1.54) is 5.56 Å². The molecule has 0 atom stereocenters. The highest BCUT2D eigenvalue weighted by Gasteiger charge is 1.78. The Morgan fingerprint density at radius 1 is 1.18 bits per heavy atom. The number of rotatable bonds is 2. The van der Waals surface area contributed by atoms with E-state index < -0.39 is 0 Å². The standard InChI is InChI=1S/C10H12.ClH/c1-2-3-7-10-8-5-4-6-9-10;/h3-9H,2H2,1H3;1H. The summed E-state index contributed by atoms with van der Waals surface area (Å²) in [6, 6.07) is 10.3. The molecule has 0 aliphatic rings. The van der Waals surface area contributed by atoms with E-state index in [2.05, 4.69) is 43.3 Å². The van der Waals surface area contributed by atoms with Gasteiger partial charge in [0.25, 0.3) is 0 Å². The molecule has 1 aromatic rings. The van der Waals surface area contributed by atoms with Crippen LogP contribution in [0.1, 0.15) is 18.9 Å². The van der Waals surface area contributed by atoms with E-state index in [0.29, 0.717) is 0 Å². The van der Waals surface area contributed by atoms with Crippen LogP contribution in [0.15, 0.2) is 36.4 Å². The minimum atomic E-state index is 0. The van der Waals surface area contributed by atoms with Crippen LogP contribution in [0.2, 0.25) is 0 Å². The van der Waals surface area contributed by atoms with Crippen molar-refractivity contribution in [2.24, 2.45) is 0 Å². The molecule has 0 spiro atoms. The zero-order chi connectivity index (χ0) is 7.23. The maximum atomic E-state index is 2.16. The second kappa shape index (κ2) is 5.99. The third-order valence-corrected chi connectivity index (χ3v) is 1.35. The fourth-order valence-corrected chi connectivity index (χ4v) is 0.818. The molecule has 0 N–H and O–H groups in total. The molecule has 0 bridgehead atoms. The van der Waals surface area contributed by atoms with Crippen LogP contribution in [-0.2, 0) is 0 Å². The summed E-state index contributed by atoms with van der Waals surface area (Å²) in [6.45, 7) is 2.14. The molecule has 0 amide bonds. The minimum absolute atomic E-state index is 0. The van der Waals surface area contributed by atoms with Crippen LogP contribution < -0.4 is 0 Å². The summed E-state index contributed by atoms with van der Waals surface area (Å²) in [7, 11) is 0. The van der Waals surface area contributed by atoms with E-state index in [1.54, 1.807) is 0 Å². The van der Waals surface area contributed by atoms with E-state index in [4.69, 9.17) is 0 Å². The van der Waals surface area contributed by atoms with Gasteiger partial charge in [0.15, 0.2) is 0 Å². The number of allylic oxidation sites excluding steroid dienone is 1. The number of benzene rings is 1. The van der Waals surface area contributed by atoms with E-state index in [0.717, 1.165) is 6.42 Å². The van der Waals surface area contributed by atoms with Gasteiger partial charge in [-0.05, 0) is 12.0 Å². The Labute approximate surface area is 74.4 Å². The van der Waals surface area contributed by atoms with Gasteiger partial charge in [0.05, 0.1) is 0 Å². The first kappa shape index (κ1) is 10.2. The van der Waals surface area contributed by atoms with Crippen molar-refractivity contribution in [2.75, 3.05) is 0 Å². The van der Waals surface area contributed by atoms with Gasteiger partial charge in [-0.1, -0.05) is 49.4 Å². The third kappa shape index (κ3) is 3.84. The van der Waals surface area contributed by atoms with Gasteiger partial charge in [-0.25, -0.2) is 0 Å². The SMILES string of the molecule is CCC=Cc1ccccc1.Cl. The normalized spacial score (nSPS) is 9.55. The first-order valence-corrected chi connectivity index (χ1v) is 3.65. The van der Waals surface area contributed by atoms with Crippen molar-refractivity contribution >= 4 is 18.5 Å². The van der Waals surface area contributed by atoms with E-state index in [1.807, 2.05) is 6.07 Å². The molecule has 11 heavy (non-hydrogen) atoms. The van der Waals surface area contributed by atoms with Crippen molar-refractivity contribution in [3.05, 3.63) is 42.0 Å². The fraction of sp³-hybridized carbons (Fsp3) is 0.200. The van der Waals surface area contributed by atoms with Crippen LogP contribution >= 0.6 is 12.4 Å². The summed E-state index contributed by atoms with van der Waals surface area (Å²) in [5, 5.41) is 0. The monoisotopic (exact) mass is 168 g/mol. The minimum Gasteiger partial charge on any atom is -0.147 e. The smallest absolute Gasteiger partial charge is 0.0260 e. The Morgan fingerprint density at radius 2 is 1.82 bits per heavy atom. The first-order chi connectivity index (χ1) is 4.93. The first-order valence-electron chi connectivity index (χ1n) is 3.65. The predicted molar refractivity (Wildman–Crippen MR) is 53.0 cm³/mol. The average Bonchev–Trinajstić information content (AvgIpc) is 2.03. The molecule has 1 heteroatoms. The Balaban J connectivity index is 0.000001000. The number of halogens is 1. The molecule has 0 fully saturated rings. The summed E-state index contributed by atoms with van der Waals surface area (Å²) >= 11 is 0. The van der Waals surface area contributed by atoms with Crippen LogP contribution in [0, 0.1) is 0 Å². The summed E-state index contributed by atoms with van der Waals surface area (Å²) in [6.07, 6.45) is 5.41. The molecule has 0 radical (unpaired) electrons. The summed E-state index contributed by atoms with van der Waals surface area (Å²) in [4.78, 5) is 0. The van der Waals surface area contributed by atoms with E-state index in [9.17, 15) is 0 Å². The number of hydrogen-bond acceptors (Lipinski definition) is 0. The highest BCUT2D eigenvalue weighted by Crippen LogP contribution is 2.00. The highest BCUT2D eigenvalue weighted by atomic mass is 35.5. The van der Waals surface area contributed by atoms with Gasteiger partial charge in [-0.3, -0.25) is 0 Å². The lowest BCUT2D eigenvalue weighted by Gasteiger charge is -1.88. The maximum absolute atomic E-state index is 2.16. The van der Waals surface area contributed by atoms with Crippen molar-refractivity contribution < 1.29 is 0 Å². The summed E-state index contributed by atoms with van der Waals surface area (Å²) in [5.41, 5.74) is 1.28. The molecule has 0 saturated heterocycles. The molecule has 0 unspecified atom stereocenters. The van der Waals surface area contributed by atoms with Gasteiger partial charge >= 0.3 is 0 Å². The van der Waals surface area contributed by atoms with Crippen molar-refractivity contribution in [1.29, 1.82) is 0 Å². The largest absolute Gasteiger partial charge is 0.147 e. The number of hydrogen-bond donors (Lipinski definition) is 0. The Kier molecular flexibility index (Phi) is 5.58. The molecular formula is C10H13Cl. The molecule has 60 valence electrons. The third-order valence-electron chi connectivity index (χ3n) is 1.35. The van der Waals surface area contributed by atoms with Crippen LogP contribution in [0.5, 0.6) is 0 Å². The van der Waals surface area contributed by atoms with Gasteiger partial charge in [0, 0.05) is 0 Å². The molecule has 1 aromatic carbocycles. The fourth-order valence-electron chi connectivity index (χ4n) is 0.818. The molecule has 0 aromatic heterocycles. The second-order valence-corrected chi connectivity index (χ2v) is 2.22. The van der Waals surface area contributed by atoms with Crippen LogP contribution in [0.25, 0.3) is 6.08 Å². The quantitative estimate of drug-likeness (QED) is 0.634. The lowest BCUT2D eigenvalue weighted by Crippen LogP contribution is -1.66. The van der Waals surface area contributed by atoms with E-state index >= 15 is 0 Å². The highest BCUT2D eigenvalue weighted by molar-refractivity contribution is 5.85. The molecule has 0 saturated carbocycles. The maximum Gasteiger partial charge on any atom is -0.0260 e. The Hall–Kier alpha value is -0.750. The van der Waals surface area contributed by atoms with Crippen LogP contribution in [0.3, 0.4) is 0 Å². The van der Waals surface area contributed by atoms with Gasteiger partial charge in [-0.15, -0.1) is 12.4 Å². The Bertz CT molecular complexity index is 201. The molecule has 0 heterocycles. The zero-order valence-electron chi connectivity index (χ0n) is 6.66. The van der Waals surface area contributed by atoms with Crippen molar-refractivity contribution in [3.8, 4) is 0 Å². The summed E-state index contributed by atoms with van der Waals surface area (Å²) in [5.74, 6) is 0. The molecular weight excluding hydrogens is 156 g/mol. The lowest BCUT2D eigenvalue weighted by molar-refractivity contribution is 1.23. The topological polar surface area (TPSA) is 0 Å². The van der Waals surface area contributed by atoms with Gasteiger partial charge in [0.1, 0.15) is 0 Å². The second-order valence-electron chi connectivity index (χ2n) is 2.22. The lowest BCUT2D eigenvalue weighted by atomic mass is 10.2. The van der Waals surface area contributed by atoms with Crippen LogP contribution in [-0.4, -0.2) is 0 Å². The van der Waals surface area contributed by atoms with Gasteiger partial charge < -0.3 is 0 Å². The molecule has 1 rings (SSSR count).